The molecule has 1 saturated carbocycles. The maximum atomic E-state index is 14.0. The predicted octanol–water partition coefficient (Wildman–Crippen LogP) is 6.08. The van der Waals surface area contributed by atoms with Gasteiger partial charge in [-0.25, -0.2) is 9.59 Å². The van der Waals surface area contributed by atoms with Crippen molar-refractivity contribution in [3.63, 3.8) is 0 Å². The van der Waals surface area contributed by atoms with Gasteiger partial charge in [0.2, 0.25) is 5.91 Å². The third-order valence-electron chi connectivity index (χ3n) is 7.31. The van der Waals surface area contributed by atoms with Gasteiger partial charge < -0.3 is 24.8 Å². The lowest BCUT2D eigenvalue weighted by Crippen LogP contribution is -2.44. The van der Waals surface area contributed by atoms with Gasteiger partial charge in [-0.2, -0.15) is 0 Å². The van der Waals surface area contributed by atoms with Crippen molar-refractivity contribution in [1.82, 2.24) is 5.32 Å². The number of ether oxygens (including phenoxy) is 2. The number of hydrogen-bond donors (Lipinski definition) is 2. The number of carboxylic acids is 1. The third-order valence-corrected chi connectivity index (χ3v) is 8.34. The number of carbonyl (C=O) groups is 3. The second kappa shape index (κ2) is 13.7. The van der Waals surface area contributed by atoms with Crippen LogP contribution in [0.3, 0.4) is 0 Å². The molecule has 0 aromatic carbocycles. The summed E-state index contributed by atoms with van der Waals surface area (Å²) >= 11 is 1.12. The van der Waals surface area contributed by atoms with E-state index in [1.165, 1.54) is 0 Å². The topological polar surface area (TPSA) is 105 Å². The molecule has 9 heteroatoms. The van der Waals surface area contributed by atoms with Crippen molar-refractivity contribution in [2.75, 3.05) is 18.1 Å². The van der Waals surface area contributed by atoms with Crippen LogP contribution in [0, 0.1) is 29.1 Å². The van der Waals surface area contributed by atoms with Crippen molar-refractivity contribution in [2.24, 2.45) is 17.3 Å². The Bertz CT molecular complexity index is 1070. The standard InChI is InChI=1S/C30H44N2O6S/c1-19-7-11-22(12-8-19)27(33)32(25-17-24(13-15-30(4,5)6)39-26(25)28(34)35)21(3)10-9-20(2)31-29(36)38-23-14-16-37-18-23/h17,19-23H,7-12,14,16,18H2,1-6H3,(H,31,36)(H,34,35)/t19-,20?,21?,22-,23-/m1/s1. The maximum absolute atomic E-state index is 14.0. The summed E-state index contributed by atoms with van der Waals surface area (Å²) in [4.78, 5) is 41.0. The van der Waals surface area contributed by atoms with Crippen molar-refractivity contribution < 1.29 is 29.0 Å². The minimum atomic E-state index is -1.06. The average Bonchev–Trinajstić information content (AvgIpc) is 3.51. The van der Waals surface area contributed by atoms with E-state index in [9.17, 15) is 19.5 Å². The van der Waals surface area contributed by atoms with Crippen molar-refractivity contribution >= 4 is 35.0 Å². The summed E-state index contributed by atoms with van der Waals surface area (Å²) in [5.74, 6) is 5.67. The van der Waals surface area contributed by atoms with Gasteiger partial charge in [0, 0.05) is 29.8 Å². The van der Waals surface area contributed by atoms with Crippen LogP contribution in [0.25, 0.3) is 0 Å². The number of alkyl carbamates (subject to hydrolysis) is 1. The SMILES string of the molecule is CC(CCC(C)N(c1cc(C#CC(C)(C)C)sc1C(=O)O)C(=O)[C@H]1CC[C@H](C)CC1)NC(=O)O[C@@H]1CCOC1. The fourth-order valence-electron chi connectivity index (χ4n) is 4.99. The Hall–Kier alpha value is -2.57. The van der Waals surface area contributed by atoms with E-state index < -0.39 is 12.1 Å². The number of rotatable bonds is 9. The van der Waals surface area contributed by atoms with Gasteiger partial charge in [0.1, 0.15) is 11.0 Å². The van der Waals surface area contributed by atoms with E-state index in [1.807, 2.05) is 34.6 Å². The number of aromatic carboxylic acids is 1. The van der Waals surface area contributed by atoms with Crippen LogP contribution in [0.5, 0.6) is 0 Å². The predicted molar refractivity (Wildman–Crippen MR) is 153 cm³/mol. The van der Waals surface area contributed by atoms with Crippen LogP contribution >= 0.6 is 11.3 Å². The highest BCUT2D eigenvalue weighted by Gasteiger charge is 2.34. The van der Waals surface area contributed by atoms with Gasteiger partial charge in [-0.15, -0.1) is 11.3 Å². The van der Waals surface area contributed by atoms with Crippen LogP contribution in [0.4, 0.5) is 10.5 Å². The summed E-state index contributed by atoms with van der Waals surface area (Å²) in [6, 6.07) is 1.32. The highest BCUT2D eigenvalue weighted by molar-refractivity contribution is 7.15. The lowest BCUT2D eigenvalue weighted by molar-refractivity contribution is -0.124. The number of nitrogens with one attached hydrogen (secondary N) is 1. The van der Waals surface area contributed by atoms with Crippen LogP contribution in [0.1, 0.15) is 101 Å². The van der Waals surface area contributed by atoms with E-state index in [0.717, 1.165) is 37.0 Å². The molecule has 2 unspecified atom stereocenters. The van der Waals surface area contributed by atoms with E-state index >= 15 is 0 Å². The molecule has 216 valence electrons. The quantitative estimate of drug-likeness (QED) is 0.355. The van der Waals surface area contributed by atoms with Crippen LogP contribution in [0.2, 0.25) is 0 Å². The Kier molecular flexibility index (Phi) is 10.9. The Morgan fingerprint density at radius 1 is 1.18 bits per heavy atom. The van der Waals surface area contributed by atoms with Gasteiger partial charge in [-0.3, -0.25) is 4.79 Å². The monoisotopic (exact) mass is 560 g/mol. The summed E-state index contributed by atoms with van der Waals surface area (Å²) in [6.07, 6.45) is 4.80. The molecule has 39 heavy (non-hydrogen) atoms. The molecule has 8 nitrogen and oxygen atoms in total. The smallest absolute Gasteiger partial charge is 0.407 e. The zero-order valence-corrected chi connectivity index (χ0v) is 25.0. The van der Waals surface area contributed by atoms with Gasteiger partial charge in [0.25, 0.3) is 0 Å². The minimum Gasteiger partial charge on any atom is -0.477 e. The van der Waals surface area contributed by atoms with E-state index in [4.69, 9.17) is 9.47 Å². The molecule has 0 radical (unpaired) electrons. The summed E-state index contributed by atoms with van der Waals surface area (Å²) in [5.41, 5.74) is 0.188. The number of anilines is 1. The highest BCUT2D eigenvalue weighted by atomic mass is 32.1. The number of hydrogen-bond acceptors (Lipinski definition) is 6. The van der Waals surface area contributed by atoms with E-state index in [1.54, 1.807) is 11.0 Å². The Morgan fingerprint density at radius 2 is 1.87 bits per heavy atom. The fourth-order valence-corrected chi connectivity index (χ4v) is 5.83. The number of carboxylic acid groups (broad SMARTS) is 1. The average molecular weight is 561 g/mol. The zero-order valence-electron chi connectivity index (χ0n) is 24.2. The molecule has 2 amide bonds. The first kappa shape index (κ1) is 31.0. The number of thiophene rings is 1. The first-order valence-corrected chi connectivity index (χ1v) is 14.9. The lowest BCUT2D eigenvalue weighted by Gasteiger charge is -2.35. The first-order chi connectivity index (χ1) is 18.3. The van der Waals surface area contributed by atoms with Gasteiger partial charge in [-0.05, 0) is 85.1 Å². The number of carbonyl (C=O) groups excluding carboxylic acids is 2. The summed E-state index contributed by atoms with van der Waals surface area (Å²) in [5, 5.41) is 12.9. The molecular formula is C30H44N2O6S. The molecular weight excluding hydrogens is 516 g/mol. The first-order valence-electron chi connectivity index (χ1n) is 14.1. The summed E-state index contributed by atoms with van der Waals surface area (Å²) in [7, 11) is 0. The molecule has 0 bridgehead atoms. The molecule has 3 rings (SSSR count). The normalized spacial score (nSPS) is 22.8. The van der Waals surface area contributed by atoms with E-state index in [0.29, 0.717) is 49.0 Å². The second-order valence-electron chi connectivity index (χ2n) is 12.2. The summed E-state index contributed by atoms with van der Waals surface area (Å²) in [6.45, 7) is 13.1. The van der Waals surface area contributed by atoms with Crippen molar-refractivity contribution in [1.29, 1.82) is 0 Å². The molecule has 2 fully saturated rings. The van der Waals surface area contributed by atoms with Gasteiger partial charge in [0.05, 0.1) is 23.8 Å². The highest BCUT2D eigenvalue weighted by Crippen LogP contribution is 2.37. The van der Waals surface area contributed by atoms with Crippen LogP contribution in [-0.2, 0) is 14.3 Å². The molecule has 0 spiro atoms. The second-order valence-corrected chi connectivity index (χ2v) is 13.2. The molecule has 2 aliphatic rings. The maximum Gasteiger partial charge on any atom is 0.407 e. The largest absolute Gasteiger partial charge is 0.477 e. The molecule has 2 N–H and O–H groups in total. The fraction of sp³-hybridized carbons (Fsp3) is 0.700. The summed E-state index contributed by atoms with van der Waals surface area (Å²) < 4.78 is 10.7. The zero-order chi connectivity index (χ0) is 28.7. The Labute approximate surface area is 236 Å². The molecule has 1 aliphatic carbocycles. The molecule has 3 atom stereocenters. The van der Waals surface area contributed by atoms with Gasteiger partial charge >= 0.3 is 12.1 Å². The van der Waals surface area contributed by atoms with E-state index in [2.05, 4.69) is 24.1 Å². The van der Waals surface area contributed by atoms with Crippen LogP contribution in [-0.4, -0.2) is 54.5 Å². The lowest BCUT2D eigenvalue weighted by atomic mass is 9.82. The van der Waals surface area contributed by atoms with Crippen LogP contribution < -0.4 is 10.2 Å². The van der Waals surface area contributed by atoms with Gasteiger partial charge in [0.15, 0.2) is 0 Å². The van der Waals surface area contributed by atoms with Crippen LogP contribution in [0.15, 0.2) is 6.07 Å². The Morgan fingerprint density at radius 3 is 2.46 bits per heavy atom. The Balaban J connectivity index is 1.80. The molecule has 1 aromatic heterocycles. The van der Waals surface area contributed by atoms with Crippen molar-refractivity contribution in [3.05, 3.63) is 15.8 Å². The molecule has 1 aromatic rings. The number of amides is 2. The van der Waals surface area contributed by atoms with Crippen molar-refractivity contribution in [3.8, 4) is 11.8 Å². The number of nitrogens with zero attached hydrogens (tertiary/aromatic N) is 1. The molecule has 1 saturated heterocycles. The van der Waals surface area contributed by atoms with Gasteiger partial charge in [-0.1, -0.05) is 18.8 Å². The third kappa shape index (κ3) is 9.25. The molecule has 1 aliphatic heterocycles. The van der Waals surface area contributed by atoms with Crippen molar-refractivity contribution in [2.45, 2.75) is 105 Å². The van der Waals surface area contributed by atoms with E-state index in [-0.39, 0.29) is 40.3 Å². The minimum absolute atomic E-state index is 0.0220. The molecule has 2 heterocycles.